The molecule has 0 aliphatic rings. The number of rotatable bonds is 6. The molecule has 0 spiro atoms. The van der Waals surface area contributed by atoms with E-state index in [0.29, 0.717) is 6.04 Å². The molecule has 0 heterocycles. The average molecular weight is 230 g/mol. The van der Waals surface area contributed by atoms with Gasteiger partial charge in [0.25, 0.3) is 0 Å². The minimum atomic E-state index is 0.715. The molecule has 0 aliphatic carbocycles. The van der Waals surface area contributed by atoms with Crippen LogP contribution in [0.3, 0.4) is 0 Å². The van der Waals surface area contributed by atoms with Crippen LogP contribution < -0.4 is 0 Å². The van der Waals surface area contributed by atoms with Gasteiger partial charge >= 0.3 is 0 Å². The summed E-state index contributed by atoms with van der Waals surface area (Å²) in [7, 11) is 6.48. The third-order valence-corrected chi connectivity index (χ3v) is 2.32. The summed E-state index contributed by atoms with van der Waals surface area (Å²) in [4.78, 5) is 4.68. The molecular weight excluding hydrogens is 196 g/mol. The quantitative estimate of drug-likeness (QED) is 0.644. The summed E-state index contributed by atoms with van der Waals surface area (Å²) in [5, 5.41) is 0. The summed E-state index contributed by atoms with van der Waals surface area (Å²) < 4.78 is 0. The van der Waals surface area contributed by atoms with E-state index in [1.807, 2.05) is 13.8 Å². The molecule has 0 aromatic heterocycles. The minimum Gasteiger partial charge on any atom is -0.309 e. The normalized spacial score (nSPS) is 11.3. The highest BCUT2D eigenvalue weighted by atomic mass is 15.1. The molecule has 0 N–H and O–H groups in total. The Labute approximate surface area is 104 Å². The zero-order chi connectivity index (χ0) is 13.6. The lowest BCUT2D eigenvalue weighted by Gasteiger charge is -2.25. The van der Waals surface area contributed by atoms with E-state index in [1.54, 1.807) is 0 Å². The predicted octanol–water partition coefficient (Wildman–Crippen LogP) is 3.50. The van der Waals surface area contributed by atoms with Crippen LogP contribution in [0.5, 0.6) is 0 Å². The van der Waals surface area contributed by atoms with Crippen molar-refractivity contribution in [1.82, 2.24) is 9.80 Å². The van der Waals surface area contributed by atoms with Crippen LogP contribution in [0, 0.1) is 0 Å². The lowest BCUT2D eigenvalue weighted by molar-refractivity contribution is 0.228. The van der Waals surface area contributed by atoms with E-state index in [0.717, 1.165) is 0 Å². The maximum Gasteiger partial charge on any atom is 0.00760 e. The van der Waals surface area contributed by atoms with Gasteiger partial charge in [-0.25, -0.2) is 0 Å². The second-order valence-electron chi connectivity index (χ2n) is 3.92. The Bertz CT molecular complexity index is 113. The molecule has 0 amide bonds. The van der Waals surface area contributed by atoms with Crippen molar-refractivity contribution in [3.05, 3.63) is 13.2 Å². The molecule has 0 aromatic rings. The fraction of sp³-hybridized carbons (Fsp3) is 0.857. The monoisotopic (exact) mass is 230 g/mol. The molecule has 100 valence electrons. The van der Waals surface area contributed by atoms with E-state index < -0.39 is 0 Å². The van der Waals surface area contributed by atoms with E-state index in [4.69, 9.17) is 0 Å². The Morgan fingerprint density at radius 1 is 1.00 bits per heavy atom. The number of hydrogen-bond acceptors (Lipinski definition) is 2. The molecule has 0 aromatic carbocycles. The van der Waals surface area contributed by atoms with Crippen molar-refractivity contribution >= 4 is 0 Å². The Morgan fingerprint density at radius 2 is 1.44 bits per heavy atom. The highest BCUT2D eigenvalue weighted by Gasteiger charge is 2.07. The summed E-state index contributed by atoms with van der Waals surface area (Å²) in [5.41, 5.74) is 0. The summed E-state index contributed by atoms with van der Waals surface area (Å²) in [5.74, 6) is 0. The van der Waals surface area contributed by atoms with Gasteiger partial charge in [-0.15, -0.1) is 13.2 Å². The molecule has 0 aliphatic heterocycles. The van der Waals surface area contributed by atoms with Gasteiger partial charge in [-0.1, -0.05) is 20.8 Å². The summed E-state index contributed by atoms with van der Waals surface area (Å²) in [6.45, 7) is 16.9. The Balaban J connectivity index is -0.000000376. The van der Waals surface area contributed by atoms with E-state index in [9.17, 15) is 0 Å². The Kier molecular flexibility index (Phi) is 22.4. The van der Waals surface area contributed by atoms with Crippen molar-refractivity contribution in [3.63, 3.8) is 0 Å². The van der Waals surface area contributed by atoms with E-state index in [2.05, 4.69) is 57.9 Å². The fourth-order valence-corrected chi connectivity index (χ4v) is 1.24. The van der Waals surface area contributed by atoms with Gasteiger partial charge in [0, 0.05) is 6.04 Å². The zero-order valence-electron chi connectivity index (χ0n) is 12.7. The molecule has 0 radical (unpaired) electrons. The van der Waals surface area contributed by atoms with Crippen LogP contribution in [-0.4, -0.2) is 50.1 Å². The lowest BCUT2D eigenvalue weighted by atomic mass is 10.2. The maximum absolute atomic E-state index is 3.00. The summed E-state index contributed by atoms with van der Waals surface area (Å²) in [6.07, 6.45) is 2.52. The first-order valence-corrected chi connectivity index (χ1v) is 6.43. The second-order valence-corrected chi connectivity index (χ2v) is 3.92. The third kappa shape index (κ3) is 16.1. The first-order valence-electron chi connectivity index (χ1n) is 6.43. The highest BCUT2D eigenvalue weighted by Crippen LogP contribution is 2.01. The van der Waals surface area contributed by atoms with Crippen LogP contribution in [0.15, 0.2) is 13.2 Å². The summed E-state index contributed by atoms with van der Waals surface area (Å²) >= 11 is 0. The van der Waals surface area contributed by atoms with Gasteiger partial charge in [-0.05, 0) is 54.0 Å². The van der Waals surface area contributed by atoms with Gasteiger partial charge in [0.05, 0.1) is 0 Å². The topological polar surface area (TPSA) is 6.48 Å². The molecule has 0 fully saturated rings. The molecule has 1 atom stereocenters. The van der Waals surface area contributed by atoms with Crippen LogP contribution in [-0.2, 0) is 0 Å². The van der Waals surface area contributed by atoms with Crippen molar-refractivity contribution in [1.29, 1.82) is 0 Å². The van der Waals surface area contributed by atoms with Crippen molar-refractivity contribution in [2.75, 3.05) is 34.2 Å². The molecule has 1 unspecified atom stereocenters. The molecule has 0 rings (SSSR count). The van der Waals surface area contributed by atoms with Crippen LogP contribution in [0.25, 0.3) is 0 Å². The van der Waals surface area contributed by atoms with Crippen LogP contribution in [0.4, 0.5) is 0 Å². The van der Waals surface area contributed by atoms with Gasteiger partial charge < -0.3 is 9.80 Å². The van der Waals surface area contributed by atoms with E-state index in [-0.39, 0.29) is 0 Å². The molecule has 0 saturated heterocycles. The van der Waals surface area contributed by atoms with Gasteiger partial charge in [0.1, 0.15) is 0 Å². The lowest BCUT2D eigenvalue weighted by Crippen LogP contribution is -2.32. The van der Waals surface area contributed by atoms with Gasteiger partial charge in [-0.3, -0.25) is 0 Å². The largest absolute Gasteiger partial charge is 0.309 e. The average Bonchev–Trinajstić information content (AvgIpc) is 2.31. The zero-order valence-corrected chi connectivity index (χ0v) is 12.7. The highest BCUT2D eigenvalue weighted by molar-refractivity contribution is 4.63. The van der Waals surface area contributed by atoms with Gasteiger partial charge in [0.15, 0.2) is 0 Å². The molecule has 0 bridgehead atoms. The van der Waals surface area contributed by atoms with Crippen molar-refractivity contribution in [2.24, 2.45) is 0 Å². The first kappa shape index (κ1) is 21.0. The number of nitrogens with zero attached hydrogens (tertiary/aromatic N) is 2. The van der Waals surface area contributed by atoms with Crippen LogP contribution in [0.1, 0.15) is 40.5 Å². The first-order chi connectivity index (χ1) is 7.57. The van der Waals surface area contributed by atoms with E-state index in [1.165, 1.54) is 25.9 Å². The third-order valence-electron chi connectivity index (χ3n) is 2.32. The molecule has 2 heteroatoms. The molecule has 0 saturated carbocycles. The minimum absolute atomic E-state index is 0.715. The van der Waals surface area contributed by atoms with Crippen molar-refractivity contribution in [2.45, 2.75) is 46.6 Å². The molecular formula is C14H34N2. The maximum atomic E-state index is 3.00. The van der Waals surface area contributed by atoms with Gasteiger partial charge in [-0.2, -0.15) is 0 Å². The van der Waals surface area contributed by atoms with Crippen LogP contribution in [0.2, 0.25) is 0 Å². The Hall–Kier alpha value is -0.340. The smallest absolute Gasteiger partial charge is 0.00760 e. The summed E-state index contributed by atoms with van der Waals surface area (Å²) in [6, 6.07) is 0.715. The number of hydrogen-bond donors (Lipinski definition) is 0. The molecule has 2 nitrogen and oxygen atoms in total. The van der Waals surface area contributed by atoms with Crippen LogP contribution >= 0.6 is 0 Å². The van der Waals surface area contributed by atoms with Crippen molar-refractivity contribution < 1.29 is 0 Å². The standard InChI is InChI=1S/C10H24N2.C2H6.C2H4/c1-6-8-12(5)10(2)7-9-11(3)4;2*1-2/h10H,6-9H2,1-5H3;1-2H3;1-2H2. The predicted molar refractivity (Wildman–Crippen MR) is 78.2 cm³/mol. The SMILES string of the molecule is C=C.CC.CCCN(C)C(C)CCN(C)C. The van der Waals surface area contributed by atoms with Gasteiger partial charge in [0.2, 0.25) is 0 Å². The second kappa shape index (κ2) is 17.1. The molecule has 16 heavy (non-hydrogen) atoms. The van der Waals surface area contributed by atoms with Crippen molar-refractivity contribution in [3.8, 4) is 0 Å². The van der Waals surface area contributed by atoms with E-state index >= 15 is 0 Å². The Morgan fingerprint density at radius 3 is 1.75 bits per heavy atom. The fourth-order valence-electron chi connectivity index (χ4n) is 1.24.